The van der Waals surface area contributed by atoms with Crippen molar-refractivity contribution in [3.05, 3.63) is 41.7 Å². The van der Waals surface area contributed by atoms with E-state index in [1.165, 1.54) is 30.5 Å². The summed E-state index contributed by atoms with van der Waals surface area (Å²) >= 11 is 0. The standard InChI is InChI=1S/C14H14N2O6S/c1-9-3-4-10(23(2,19)20)7-11(9)14(18)21-8-13(17)15-12-5-6-22-16-12/h3-7H,8H2,1-2H3,(H,15,16,17). The van der Waals surface area contributed by atoms with E-state index in [0.29, 0.717) is 5.56 Å². The van der Waals surface area contributed by atoms with Crippen molar-refractivity contribution in [1.82, 2.24) is 5.16 Å². The molecule has 0 bridgehead atoms. The van der Waals surface area contributed by atoms with Crippen LogP contribution >= 0.6 is 0 Å². The van der Waals surface area contributed by atoms with Crippen LogP contribution in [0.3, 0.4) is 0 Å². The van der Waals surface area contributed by atoms with Crippen molar-refractivity contribution in [3.63, 3.8) is 0 Å². The van der Waals surface area contributed by atoms with Crippen LogP contribution in [0.5, 0.6) is 0 Å². The summed E-state index contributed by atoms with van der Waals surface area (Å²) in [6.07, 6.45) is 2.32. The van der Waals surface area contributed by atoms with Gasteiger partial charge in [0, 0.05) is 12.3 Å². The number of aryl methyl sites for hydroxylation is 1. The third-order valence-corrected chi connectivity index (χ3v) is 4.01. The summed E-state index contributed by atoms with van der Waals surface area (Å²) in [5, 5.41) is 5.84. The zero-order chi connectivity index (χ0) is 17.0. The number of anilines is 1. The van der Waals surface area contributed by atoms with Crippen LogP contribution in [0.15, 0.2) is 39.9 Å². The second kappa shape index (κ2) is 6.61. The number of esters is 1. The average Bonchev–Trinajstić information content (AvgIpc) is 2.97. The SMILES string of the molecule is Cc1ccc(S(C)(=O)=O)cc1C(=O)OCC(=O)Nc1ccon1. The molecule has 2 rings (SSSR count). The van der Waals surface area contributed by atoms with Gasteiger partial charge in [0.25, 0.3) is 5.91 Å². The number of hydrogen-bond donors (Lipinski definition) is 1. The van der Waals surface area contributed by atoms with Gasteiger partial charge in [-0.3, -0.25) is 4.79 Å². The summed E-state index contributed by atoms with van der Waals surface area (Å²) in [6.45, 7) is 1.10. The molecule has 0 saturated heterocycles. The average molecular weight is 338 g/mol. The molecule has 0 fully saturated rings. The van der Waals surface area contributed by atoms with Crippen LogP contribution in [0.25, 0.3) is 0 Å². The Balaban J connectivity index is 2.04. The lowest BCUT2D eigenvalue weighted by Crippen LogP contribution is -2.21. The second-order valence-corrected chi connectivity index (χ2v) is 6.77. The molecule has 23 heavy (non-hydrogen) atoms. The number of nitrogens with zero attached hydrogens (tertiary/aromatic N) is 1. The van der Waals surface area contributed by atoms with Crippen LogP contribution in [0.1, 0.15) is 15.9 Å². The smallest absolute Gasteiger partial charge is 0.338 e. The van der Waals surface area contributed by atoms with Crippen LogP contribution < -0.4 is 5.32 Å². The summed E-state index contributed by atoms with van der Waals surface area (Å²) < 4.78 is 32.5. The quantitative estimate of drug-likeness (QED) is 0.814. The maximum absolute atomic E-state index is 12.0. The van der Waals surface area contributed by atoms with Crippen LogP contribution in [-0.2, 0) is 19.4 Å². The van der Waals surface area contributed by atoms with E-state index in [1.807, 2.05) is 0 Å². The van der Waals surface area contributed by atoms with E-state index in [4.69, 9.17) is 4.74 Å². The van der Waals surface area contributed by atoms with Gasteiger partial charge >= 0.3 is 5.97 Å². The van der Waals surface area contributed by atoms with Crippen molar-refractivity contribution in [2.24, 2.45) is 0 Å². The largest absolute Gasteiger partial charge is 0.452 e. The van der Waals surface area contributed by atoms with E-state index in [2.05, 4.69) is 15.0 Å². The van der Waals surface area contributed by atoms with Crippen LogP contribution in [-0.4, -0.2) is 38.3 Å². The lowest BCUT2D eigenvalue weighted by atomic mass is 10.1. The minimum absolute atomic E-state index is 0.00194. The number of benzene rings is 1. The fourth-order valence-electron chi connectivity index (χ4n) is 1.72. The summed E-state index contributed by atoms with van der Waals surface area (Å²) in [5.41, 5.74) is 0.626. The molecule has 1 aromatic carbocycles. The van der Waals surface area contributed by atoms with E-state index in [1.54, 1.807) is 6.92 Å². The van der Waals surface area contributed by atoms with E-state index in [-0.39, 0.29) is 16.3 Å². The minimum Gasteiger partial charge on any atom is -0.452 e. The molecular formula is C14H14N2O6S. The van der Waals surface area contributed by atoms with Gasteiger partial charge in [0.2, 0.25) is 0 Å². The maximum atomic E-state index is 12.0. The first-order valence-electron chi connectivity index (χ1n) is 6.45. The Bertz CT molecular complexity index is 827. The molecule has 0 aliphatic heterocycles. The van der Waals surface area contributed by atoms with E-state index in [0.717, 1.165) is 6.26 Å². The highest BCUT2D eigenvalue weighted by Crippen LogP contribution is 2.16. The zero-order valence-corrected chi connectivity index (χ0v) is 13.2. The van der Waals surface area contributed by atoms with Crippen molar-refractivity contribution in [1.29, 1.82) is 0 Å². The normalized spacial score (nSPS) is 11.0. The van der Waals surface area contributed by atoms with E-state index < -0.39 is 28.3 Å². The highest BCUT2D eigenvalue weighted by Gasteiger charge is 2.17. The van der Waals surface area contributed by atoms with Gasteiger partial charge in [-0.15, -0.1) is 0 Å². The molecule has 1 heterocycles. The Morgan fingerprint density at radius 1 is 1.30 bits per heavy atom. The molecule has 9 heteroatoms. The Labute approximate surface area is 132 Å². The van der Waals surface area contributed by atoms with Crippen molar-refractivity contribution in [3.8, 4) is 0 Å². The van der Waals surface area contributed by atoms with Crippen molar-refractivity contribution in [2.75, 3.05) is 18.2 Å². The summed E-state index contributed by atoms with van der Waals surface area (Å²) in [5.74, 6) is -1.19. The highest BCUT2D eigenvalue weighted by molar-refractivity contribution is 7.90. The van der Waals surface area contributed by atoms with Crippen molar-refractivity contribution < 1.29 is 27.3 Å². The van der Waals surface area contributed by atoms with Gasteiger partial charge in [-0.2, -0.15) is 0 Å². The Hall–Kier alpha value is -2.68. The fraction of sp³-hybridized carbons (Fsp3) is 0.214. The number of sulfone groups is 1. The first kappa shape index (κ1) is 16.7. The summed E-state index contributed by atoms with van der Waals surface area (Å²) in [4.78, 5) is 23.6. The Morgan fingerprint density at radius 3 is 2.65 bits per heavy atom. The molecule has 1 N–H and O–H groups in total. The van der Waals surface area contributed by atoms with Gasteiger partial charge in [0.05, 0.1) is 10.5 Å². The number of hydrogen-bond acceptors (Lipinski definition) is 7. The number of aromatic nitrogens is 1. The second-order valence-electron chi connectivity index (χ2n) is 4.76. The fourth-order valence-corrected chi connectivity index (χ4v) is 2.36. The highest BCUT2D eigenvalue weighted by atomic mass is 32.2. The number of rotatable bonds is 5. The monoisotopic (exact) mass is 338 g/mol. The number of ether oxygens (including phenoxy) is 1. The van der Waals surface area contributed by atoms with Gasteiger partial charge in [0.15, 0.2) is 22.3 Å². The zero-order valence-electron chi connectivity index (χ0n) is 12.4. The predicted molar refractivity (Wildman–Crippen MR) is 79.7 cm³/mol. The lowest BCUT2D eigenvalue weighted by Gasteiger charge is -2.08. The molecule has 0 aliphatic rings. The van der Waals surface area contributed by atoms with Crippen LogP contribution in [0.4, 0.5) is 5.82 Å². The molecule has 8 nitrogen and oxygen atoms in total. The molecule has 2 aromatic rings. The molecule has 0 unspecified atom stereocenters. The third kappa shape index (κ3) is 4.39. The number of amides is 1. The van der Waals surface area contributed by atoms with Crippen molar-refractivity contribution >= 4 is 27.5 Å². The number of carbonyl (C=O) groups excluding carboxylic acids is 2. The van der Waals surface area contributed by atoms with Gasteiger partial charge in [0.1, 0.15) is 6.26 Å². The molecule has 1 amide bonds. The predicted octanol–water partition coefficient (Wildman–Crippen LogP) is 1.18. The topological polar surface area (TPSA) is 116 Å². The Morgan fingerprint density at radius 2 is 2.04 bits per heavy atom. The molecular weight excluding hydrogens is 324 g/mol. The molecule has 122 valence electrons. The van der Waals surface area contributed by atoms with Gasteiger partial charge < -0.3 is 14.6 Å². The van der Waals surface area contributed by atoms with E-state index >= 15 is 0 Å². The first-order valence-corrected chi connectivity index (χ1v) is 8.34. The molecule has 0 aliphatic carbocycles. The van der Waals surface area contributed by atoms with Gasteiger partial charge in [-0.1, -0.05) is 11.2 Å². The maximum Gasteiger partial charge on any atom is 0.338 e. The molecule has 0 saturated carbocycles. The van der Waals surface area contributed by atoms with Crippen LogP contribution in [0.2, 0.25) is 0 Å². The summed E-state index contributed by atoms with van der Waals surface area (Å²) in [7, 11) is -3.45. The molecule has 0 radical (unpaired) electrons. The first-order chi connectivity index (χ1) is 10.8. The van der Waals surface area contributed by atoms with E-state index in [9.17, 15) is 18.0 Å². The lowest BCUT2D eigenvalue weighted by molar-refractivity contribution is -0.119. The summed E-state index contributed by atoms with van der Waals surface area (Å²) in [6, 6.07) is 5.56. The molecule has 0 atom stereocenters. The van der Waals surface area contributed by atoms with Crippen LogP contribution in [0, 0.1) is 6.92 Å². The molecule has 1 aromatic heterocycles. The number of nitrogens with one attached hydrogen (secondary N) is 1. The van der Waals surface area contributed by atoms with Gasteiger partial charge in [-0.05, 0) is 24.6 Å². The number of carbonyl (C=O) groups is 2. The Kier molecular flexibility index (Phi) is 4.80. The van der Waals surface area contributed by atoms with Gasteiger partial charge in [-0.25, -0.2) is 13.2 Å². The van der Waals surface area contributed by atoms with Crippen molar-refractivity contribution in [2.45, 2.75) is 11.8 Å². The third-order valence-electron chi connectivity index (χ3n) is 2.90. The minimum atomic E-state index is -3.45. The molecule has 0 spiro atoms.